The first-order chi connectivity index (χ1) is 6.08. The average molecular weight is 188 g/mol. The molecule has 0 N–H and O–H groups in total. The Labute approximate surface area is 82.9 Å². The molecule has 0 saturated heterocycles. The summed E-state index contributed by atoms with van der Waals surface area (Å²) in [5.41, 5.74) is -0.0623. The minimum absolute atomic E-state index is 0.0623. The molecular formula is C12H25F. The van der Waals surface area contributed by atoms with Crippen molar-refractivity contribution in [2.45, 2.75) is 59.8 Å². The molecule has 0 rings (SSSR count). The van der Waals surface area contributed by atoms with Crippen molar-refractivity contribution in [3.8, 4) is 0 Å². The molecule has 1 unspecified atom stereocenters. The zero-order chi connectivity index (χ0) is 10.3. The lowest BCUT2D eigenvalue weighted by atomic mass is 9.79. The fraction of sp³-hybridized carbons (Fsp3) is 1.00. The molecule has 0 spiro atoms. The number of halogens is 1. The zero-order valence-electron chi connectivity index (χ0n) is 9.70. The summed E-state index contributed by atoms with van der Waals surface area (Å²) in [5.74, 6) is 0.681. The van der Waals surface area contributed by atoms with E-state index >= 15 is 0 Å². The number of unbranched alkanes of at least 4 members (excludes halogenated alkanes) is 1. The number of hydrogen-bond donors (Lipinski definition) is 0. The standard InChI is InChI=1S/C12H25F/c1-5-7-8-11(3)9-12(4,6-2)10-13/h11H,5-10H2,1-4H3/t11?,12-/m0/s1. The summed E-state index contributed by atoms with van der Waals surface area (Å²) in [6, 6.07) is 0. The van der Waals surface area contributed by atoms with Gasteiger partial charge in [-0.2, -0.15) is 0 Å². The third kappa shape index (κ3) is 5.28. The van der Waals surface area contributed by atoms with Gasteiger partial charge in [-0.1, -0.05) is 47.0 Å². The van der Waals surface area contributed by atoms with Gasteiger partial charge in [-0.05, 0) is 24.2 Å². The van der Waals surface area contributed by atoms with Crippen LogP contribution in [0.5, 0.6) is 0 Å². The molecule has 2 atom stereocenters. The molecule has 0 radical (unpaired) electrons. The normalized spacial score (nSPS) is 18.2. The van der Waals surface area contributed by atoms with E-state index in [1.165, 1.54) is 19.3 Å². The van der Waals surface area contributed by atoms with Crippen LogP contribution in [0.2, 0.25) is 0 Å². The Kier molecular flexibility index (Phi) is 6.36. The van der Waals surface area contributed by atoms with Crippen molar-refractivity contribution in [3.05, 3.63) is 0 Å². The number of alkyl halides is 1. The summed E-state index contributed by atoms with van der Waals surface area (Å²) in [5, 5.41) is 0. The van der Waals surface area contributed by atoms with Crippen molar-refractivity contribution in [2.75, 3.05) is 6.67 Å². The van der Waals surface area contributed by atoms with Crippen molar-refractivity contribution in [3.63, 3.8) is 0 Å². The molecule has 0 saturated carbocycles. The molecule has 0 aromatic carbocycles. The van der Waals surface area contributed by atoms with Crippen molar-refractivity contribution >= 4 is 0 Å². The second kappa shape index (κ2) is 6.39. The molecule has 0 aliphatic heterocycles. The average Bonchev–Trinajstić information content (AvgIpc) is 2.14. The molecular weight excluding hydrogens is 163 g/mol. The van der Waals surface area contributed by atoms with Gasteiger partial charge in [-0.3, -0.25) is 4.39 Å². The van der Waals surface area contributed by atoms with Gasteiger partial charge in [0.2, 0.25) is 0 Å². The molecule has 80 valence electrons. The van der Waals surface area contributed by atoms with Gasteiger partial charge in [0.1, 0.15) is 0 Å². The van der Waals surface area contributed by atoms with E-state index in [-0.39, 0.29) is 12.1 Å². The molecule has 0 aromatic rings. The Morgan fingerprint density at radius 1 is 1.31 bits per heavy atom. The van der Waals surface area contributed by atoms with Crippen LogP contribution in [0.25, 0.3) is 0 Å². The highest BCUT2D eigenvalue weighted by molar-refractivity contribution is 4.74. The quantitative estimate of drug-likeness (QED) is 0.548. The second-order valence-electron chi connectivity index (χ2n) is 4.75. The van der Waals surface area contributed by atoms with Gasteiger partial charge in [0.25, 0.3) is 0 Å². The Bertz CT molecular complexity index is 116. The third-order valence-electron chi connectivity index (χ3n) is 3.07. The third-order valence-corrected chi connectivity index (χ3v) is 3.07. The van der Waals surface area contributed by atoms with Crippen LogP contribution < -0.4 is 0 Å². The highest BCUT2D eigenvalue weighted by Crippen LogP contribution is 2.31. The maximum absolute atomic E-state index is 12.7. The van der Waals surface area contributed by atoms with Crippen molar-refractivity contribution < 1.29 is 4.39 Å². The maximum atomic E-state index is 12.7. The first-order valence-electron chi connectivity index (χ1n) is 5.64. The molecule has 0 fully saturated rings. The lowest BCUT2D eigenvalue weighted by Gasteiger charge is -2.28. The molecule has 0 aliphatic carbocycles. The summed E-state index contributed by atoms with van der Waals surface area (Å²) >= 11 is 0. The molecule has 0 nitrogen and oxygen atoms in total. The first kappa shape index (κ1) is 12.9. The van der Waals surface area contributed by atoms with Crippen LogP contribution in [0.4, 0.5) is 4.39 Å². The number of hydrogen-bond acceptors (Lipinski definition) is 0. The Morgan fingerprint density at radius 2 is 1.92 bits per heavy atom. The molecule has 0 heterocycles. The predicted octanol–water partition coefficient (Wildman–Crippen LogP) is 4.59. The molecule has 0 bridgehead atoms. The Morgan fingerprint density at radius 3 is 2.31 bits per heavy atom. The van der Waals surface area contributed by atoms with Gasteiger partial charge in [0.05, 0.1) is 6.67 Å². The molecule has 0 aliphatic rings. The summed E-state index contributed by atoms with van der Waals surface area (Å²) in [6.07, 6.45) is 5.79. The van der Waals surface area contributed by atoms with E-state index in [4.69, 9.17) is 0 Å². The van der Waals surface area contributed by atoms with Gasteiger partial charge in [-0.15, -0.1) is 0 Å². The van der Waals surface area contributed by atoms with E-state index in [0.717, 1.165) is 12.8 Å². The summed E-state index contributed by atoms with van der Waals surface area (Å²) in [4.78, 5) is 0. The van der Waals surface area contributed by atoms with Crippen LogP contribution >= 0.6 is 0 Å². The van der Waals surface area contributed by atoms with E-state index in [1.54, 1.807) is 0 Å². The second-order valence-corrected chi connectivity index (χ2v) is 4.75. The molecule has 13 heavy (non-hydrogen) atoms. The van der Waals surface area contributed by atoms with Crippen molar-refractivity contribution in [1.82, 2.24) is 0 Å². The van der Waals surface area contributed by atoms with Gasteiger partial charge >= 0.3 is 0 Å². The van der Waals surface area contributed by atoms with Crippen LogP contribution in [-0.2, 0) is 0 Å². The van der Waals surface area contributed by atoms with Crippen molar-refractivity contribution in [1.29, 1.82) is 0 Å². The molecule has 0 amide bonds. The van der Waals surface area contributed by atoms with Gasteiger partial charge in [-0.25, -0.2) is 0 Å². The monoisotopic (exact) mass is 188 g/mol. The summed E-state index contributed by atoms with van der Waals surface area (Å²) in [6.45, 7) is 8.45. The highest BCUT2D eigenvalue weighted by atomic mass is 19.1. The van der Waals surface area contributed by atoms with E-state index < -0.39 is 0 Å². The lowest BCUT2D eigenvalue weighted by Crippen LogP contribution is -2.21. The largest absolute Gasteiger partial charge is 0.251 e. The van der Waals surface area contributed by atoms with E-state index in [9.17, 15) is 4.39 Å². The van der Waals surface area contributed by atoms with E-state index in [0.29, 0.717) is 5.92 Å². The SMILES string of the molecule is CCCCC(C)C[C@](C)(CC)CF. The summed E-state index contributed by atoms with van der Waals surface area (Å²) < 4.78 is 12.7. The molecule has 1 heteroatoms. The van der Waals surface area contributed by atoms with Gasteiger partial charge in [0.15, 0.2) is 0 Å². The smallest absolute Gasteiger partial charge is 0.0947 e. The zero-order valence-corrected chi connectivity index (χ0v) is 9.70. The van der Waals surface area contributed by atoms with Crippen molar-refractivity contribution in [2.24, 2.45) is 11.3 Å². The van der Waals surface area contributed by atoms with Gasteiger partial charge in [0, 0.05) is 0 Å². The van der Waals surface area contributed by atoms with E-state index in [2.05, 4.69) is 27.7 Å². The summed E-state index contributed by atoms with van der Waals surface area (Å²) in [7, 11) is 0. The topological polar surface area (TPSA) is 0 Å². The van der Waals surface area contributed by atoms with E-state index in [1.807, 2.05) is 0 Å². The Balaban J connectivity index is 3.79. The predicted molar refractivity (Wildman–Crippen MR) is 57.7 cm³/mol. The lowest BCUT2D eigenvalue weighted by molar-refractivity contribution is 0.172. The first-order valence-corrected chi connectivity index (χ1v) is 5.64. The van der Waals surface area contributed by atoms with Crippen LogP contribution in [0.3, 0.4) is 0 Å². The van der Waals surface area contributed by atoms with Crippen LogP contribution in [0.15, 0.2) is 0 Å². The Hall–Kier alpha value is -0.0700. The van der Waals surface area contributed by atoms with Crippen LogP contribution in [0.1, 0.15) is 59.8 Å². The molecule has 0 aromatic heterocycles. The fourth-order valence-electron chi connectivity index (χ4n) is 1.79. The van der Waals surface area contributed by atoms with Crippen LogP contribution in [0, 0.1) is 11.3 Å². The minimum atomic E-state index is -0.167. The highest BCUT2D eigenvalue weighted by Gasteiger charge is 2.24. The number of rotatable bonds is 7. The van der Waals surface area contributed by atoms with Gasteiger partial charge < -0.3 is 0 Å². The minimum Gasteiger partial charge on any atom is -0.251 e. The maximum Gasteiger partial charge on any atom is 0.0947 e. The van der Waals surface area contributed by atoms with Crippen LogP contribution in [-0.4, -0.2) is 6.67 Å². The fourth-order valence-corrected chi connectivity index (χ4v) is 1.79.